The molecule has 1 aromatic heterocycles. The lowest BCUT2D eigenvalue weighted by molar-refractivity contribution is 0.0596. The van der Waals surface area contributed by atoms with Crippen molar-refractivity contribution in [2.75, 3.05) is 12.8 Å². The number of rotatable bonds is 2. The molecule has 0 radical (unpaired) electrons. The summed E-state index contributed by atoms with van der Waals surface area (Å²) in [5, 5.41) is 0. The van der Waals surface area contributed by atoms with Crippen molar-refractivity contribution in [3.63, 3.8) is 0 Å². The monoisotopic (exact) mass is 221 g/mol. The van der Waals surface area contributed by atoms with E-state index in [1.807, 2.05) is 4.57 Å². The largest absolute Gasteiger partial charge is 0.464 e. The zero-order valence-corrected chi connectivity index (χ0v) is 9.22. The van der Waals surface area contributed by atoms with Gasteiger partial charge in [-0.05, 0) is 19.3 Å². The summed E-state index contributed by atoms with van der Waals surface area (Å²) in [6.07, 6.45) is 8.90. The fraction of sp³-hybridized carbons (Fsp3) is 0.455. The molecule has 0 bridgehead atoms. The van der Waals surface area contributed by atoms with E-state index in [1.54, 1.807) is 6.33 Å². The van der Waals surface area contributed by atoms with E-state index in [-0.39, 0.29) is 5.69 Å². The van der Waals surface area contributed by atoms with E-state index in [0.717, 1.165) is 19.3 Å². The number of carbonyl (C=O) groups is 1. The third kappa shape index (κ3) is 1.80. The van der Waals surface area contributed by atoms with Crippen molar-refractivity contribution in [1.82, 2.24) is 9.55 Å². The Morgan fingerprint density at radius 1 is 1.62 bits per heavy atom. The molecule has 0 saturated carbocycles. The summed E-state index contributed by atoms with van der Waals surface area (Å²) >= 11 is 0. The number of nitrogen functional groups attached to an aromatic ring is 1. The molecule has 0 amide bonds. The van der Waals surface area contributed by atoms with E-state index < -0.39 is 5.97 Å². The number of nitrogens with two attached hydrogens (primary N) is 1. The van der Waals surface area contributed by atoms with Gasteiger partial charge < -0.3 is 15.0 Å². The van der Waals surface area contributed by atoms with E-state index in [4.69, 9.17) is 5.73 Å². The number of anilines is 1. The van der Waals surface area contributed by atoms with Gasteiger partial charge >= 0.3 is 5.97 Å². The molecule has 1 aliphatic carbocycles. The van der Waals surface area contributed by atoms with Crippen LogP contribution in [0.25, 0.3) is 0 Å². The van der Waals surface area contributed by atoms with Crippen molar-refractivity contribution in [3.8, 4) is 0 Å². The van der Waals surface area contributed by atoms with Crippen LogP contribution in [-0.4, -0.2) is 22.6 Å². The number of carbonyl (C=O) groups excluding carboxylic acids is 1. The first kappa shape index (κ1) is 10.7. The van der Waals surface area contributed by atoms with E-state index in [2.05, 4.69) is 21.9 Å². The van der Waals surface area contributed by atoms with Gasteiger partial charge in [0.1, 0.15) is 5.82 Å². The van der Waals surface area contributed by atoms with Crippen molar-refractivity contribution in [2.45, 2.75) is 25.3 Å². The standard InChI is InChI=1S/C11H15N3O2/c1-16-11(15)9-10(12)14(7-13-9)8-5-3-2-4-6-8/h2-3,7-8H,4-6,12H2,1H3. The fourth-order valence-electron chi connectivity index (χ4n) is 1.95. The van der Waals surface area contributed by atoms with Crippen LogP contribution >= 0.6 is 0 Å². The molecule has 0 aromatic carbocycles. The molecule has 0 fully saturated rings. The molecule has 0 spiro atoms. The van der Waals surface area contributed by atoms with Crippen molar-refractivity contribution < 1.29 is 9.53 Å². The van der Waals surface area contributed by atoms with E-state index in [0.29, 0.717) is 11.9 Å². The van der Waals surface area contributed by atoms with Gasteiger partial charge in [0.05, 0.1) is 13.4 Å². The molecule has 1 aliphatic rings. The lowest BCUT2D eigenvalue weighted by Gasteiger charge is -2.20. The van der Waals surface area contributed by atoms with Crippen molar-refractivity contribution in [3.05, 3.63) is 24.2 Å². The zero-order chi connectivity index (χ0) is 11.5. The SMILES string of the molecule is COC(=O)c1ncn(C2CC=CCC2)c1N. The lowest BCUT2D eigenvalue weighted by Crippen LogP contribution is -2.14. The maximum absolute atomic E-state index is 11.3. The van der Waals surface area contributed by atoms with Crippen LogP contribution in [0.15, 0.2) is 18.5 Å². The maximum Gasteiger partial charge on any atom is 0.360 e. The predicted molar refractivity (Wildman–Crippen MR) is 60.0 cm³/mol. The van der Waals surface area contributed by atoms with Crippen LogP contribution in [0.3, 0.4) is 0 Å². The average molecular weight is 221 g/mol. The normalized spacial score (nSPS) is 19.7. The summed E-state index contributed by atoms with van der Waals surface area (Å²) in [7, 11) is 1.32. The number of esters is 1. The molecule has 2 N–H and O–H groups in total. The van der Waals surface area contributed by atoms with Gasteiger partial charge in [-0.3, -0.25) is 0 Å². The Labute approximate surface area is 93.9 Å². The second kappa shape index (κ2) is 4.38. The minimum absolute atomic E-state index is 0.206. The van der Waals surface area contributed by atoms with Crippen molar-refractivity contribution in [1.29, 1.82) is 0 Å². The van der Waals surface area contributed by atoms with Crippen LogP contribution in [-0.2, 0) is 4.74 Å². The number of aromatic nitrogens is 2. The van der Waals surface area contributed by atoms with Crippen molar-refractivity contribution in [2.24, 2.45) is 0 Å². The van der Waals surface area contributed by atoms with Gasteiger partial charge in [-0.25, -0.2) is 9.78 Å². The molecule has 1 heterocycles. The number of methoxy groups -OCH3 is 1. The van der Waals surface area contributed by atoms with Crippen LogP contribution in [0, 0.1) is 0 Å². The van der Waals surface area contributed by atoms with Gasteiger partial charge in [-0.15, -0.1) is 0 Å². The van der Waals surface area contributed by atoms with Gasteiger partial charge in [0.15, 0.2) is 5.69 Å². The molecule has 1 atom stereocenters. The number of hydrogen-bond acceptors (Lipinski definition) is 4. The second-order valence-electron chi connectivity index (χ2n) is 3.82. The lowest BCUT2D eigenvalue weighted by atomic mass is 10.0. The number of imidazole rings is 1. The van der Waals surface area contributed by atoms with Crippen LogP contribution in [0.5, 0.6) is 0 Å². The topological polar surface area (TPSA) is 70.1 Å². The Morgan fingerprint density at radius 3 is 3.06 bits per heavy atom. The van der Waals surface area contributed by atoms with Crippen LogP contribution in [0.4, 0.5) is 5.82 Å². The molecule has 0 saturated heterocycles. The number of hydrogen-bond donors (Lipinski definition) is 1. The quantitative estimate of drug-likeness (QED) is 0.607. The molecule has 2 rings (SSSR count). The van der Waals surface area contributed by atoms with Gasteiger partial charge in [0.25, 0.3) is 0 Å². The summed E-state index contributed by atoms with van der Waals surface area (Å²) in [6, 6.07) is 0.302. The molecule has 5 nitrogen and oxygen atoms in total. The molecule has 1 aromatic rings. The summed E-state index contributed by atoms with van der Waals surface area (Å²) in [5.74, 6) is -0.0882. The van der Waals surface area contributed by atoms with Gasteiger partial charge in [0.2, 0.25) is 0 Å². The maximum atomic E-state index is 11.3. The Bertz CT molecular complexity index is 423. The number of nitrogens with zero attached hydrogens (tertiary/aromatic N) is 2. The summed E-state index contributed by atoms with van der Waals surface area (Å²) in [6.45, 7) is 0. The summed E-state index contributed by atoms with van der Waals surface area (Å²) in [5.41, 5.74) is 6.09. The van der Waals surface area contributed by atoms with Gasteiger partial charge in [-0.1, -0.05) is 12.2 Å². The van der Waals surface area contributed by atoms with Crippen LogP contribution in [0.2, 0.25) is 0 Å². The Morgan fingerprint density at radius 2 is 2.44 bits per heavy atom. The predicted octanol–water partition coefficient (Wildman–Crippen LogP) is 1.53. The van der Waals surface area contributed by atoms with Crippen LogP contribution < -0.4 is 5.73 Å². The number of ether oxygens (including phenoxy) is 1. The molecular formula is C11H15N3O2. The fourth-order valence-corrected chi connectivity index (χ4v) is 1.95. The molecule has 86 valence electrons. The average Bonchev–Trinajstić information content (AvgIpc) is 2.71. The Balaban J connectivity index is 2.25. The first-order chi connectivity index (χ1) is 7.74. The zero-order valence-electron chi connectivity index (χ0n) is 9.22. The minimum atomic E-state index is -0.484. The van der Waals surface area contributed by atoms with E-state index >= 15 is 0 Å². The highest BCUT2D eigenvalue weighted by atomic mass is 16.5. The molecule has 5 heteroatoms. The summed E-state index contributed by atoms with van der Waals surface area (Å²) < 4.78 is 6.47. The highest BCUT2D eigenvalue weighted by Crippen LogP contribution is 2.27. The minimum Gasteiger partial charge on any atom is -0.464 e. The first-order valence-electron chi connectivity index (χ1n) is 5.29. The van der Waals surface area contributed by atoms with Crippen molar-refractivity contribution >= 4 is 11.8 Å². The third-order valence-electron chi connectivity index (χ3n) is 2.85. The molecular weight excluding hydrogens is 206 g/mol. The molecule has 1 unspecified atom stereocenters. The first-order valence-corrected chi connectivity index (χ1v) is 5.29. The second-order valence-corrected chi connectivity index (χ2v) is 3.82. The van der Waals surface area contributed by atoms with Crippen LogP contribution in [0.1, 0.15) is 35.8 Å². The number of allylic oxidation sites excluding steroid dienone is 2. The van der Waals surface area contributed by atoms with E-state index in [9.17, 15) is 4.79 Å². The van der Waals surface area contributed by atoms with E-state index in [1.165, 1.54) is 7.11 Å². The highest BCUT2D eigenvalue weighted by molar-refractivity contribution is 5.92. The van der Waals surface area contributed by atoms with Gasteiger partial charge in [0, 0.05) is 6.04 Å². The smallest absolute Gasteiger partial charge is 0.360 e. The molecule has 0 aliphatic heterocycles. The Kier molecular flexibility index (Phi) is 2.94. The molecule has 16 heavy (non-hydrogen) atoms. The van der Waals surface area contributed by atoms with Gasteiger partial charge in [-0.2, -0.15) is 0 Å². The summed E-state index contributed by atoms with van der Waals surface area (Å²) in [4.78, 5) is 15.3. The third-order valence-corrected chi connectivity index (χ3v) is 2.85. The Hall–Kier alpha value is -1.78. The highest BCUT2D eigenvalue weighted by Gasteiger charge is 2.20.